The summed E-state index contributed by atoms with van der Waals surface area (Å²) in [4.78, 5) is 23.8. The average molecular weight is 361 g/mol. The predicted molar refractivity (Wildman–Crippen MR) is 99.2 cm³/mol. The first-order valence-corrected chi connectivity index (χ1v) is 8.26. The lowest BCUT2D eigenvalue weighted by Gasteiger charge is -2.12. The lowest BCUT2D eigenvalue weighted by atomic mass is 10.1. The van der Waals surface area contributed by atoms with Crippen LogP contribution in [0.15, 0.2) is 36.4 Å². The quantitative estimate of drug-likeness (QED) is 0.829. The first-order valence-electron chi connectivity index (χ1n) is 7.88. The van der Waals surface area contributed by atoms with Crippen molar-refractivity contribution in [2.75, 3.05) is 18.5 Å². The third-order valence-corrected chi connectivity index (χ3v) is 4.12. The van der Waals surface area contributed by atoms with Gasteiger partial charge in [-0.2, -0.15) is 0 Å². The number of para-hydroxylation sites is 1. The highest BCUT2D eigenvalue weighted by Crippen LogP contribution is 2.21. The van der Waals surface area contributed by atoms with Gasteiger partial charge in [-0.15, -0.1) is 0 Å². The number of hydrogen-bond donors (Lipinski definition) is 2. The van der Waals surface area contributed by atoms with Crippen LogP contribution < -0.4 is 15.4 Å². The van der Waals surface area contributed by atoms with Gasteiger partial charge in [0.15, 0.2) is 6.61 Å². The fourth-order valence-electron chi connectivity index (χ4n) is 2.28. The summed E-state index contributed by atoms with van der Waals surface area (Å²) in [6, 6.07) is 10.9. The molecule has 0 bridgehead atoms. The number of hydrogen-bond acceptors (Lipinski definition) is 3. The third-order valence-electron chi connectivity index (χ3n) is 3.69. The van der Waals surface area contributed by atoms with Gasteiger partial charge in [-0.05, 0) is 55.7 Å². The van der Waals surface area contributed by atoms with Crippen LogP contribution in [0.5, 0.6) is 5.75 Å². The predicted octanol–water partition coefficient (Wildman–Crippen LogP) is 3.40. The van der Waals surface area contributed by atoms with E-state index in [-0.39, 0.29) is 25.0 Å². The Morgan fingerprint density at radius 3 is 2.32 bits per heavy atom. The number of halogens is 1. The van der Waals surface area contributed by atoms with Crippen molar-refractivity contribution in [3.8, 4) is 5.75 Å². The van der Waals surface area contributed by atoms with Crippen LogP contribution in [0.4, 0.5) is 5.69 Å². The Morgan fingerprint density at radius 1 is 1.00 bits per heavy atom. The van der Waals surface area contributed by atoms with Crippen molar-refractivity contribution in [3.63, 3.8) is 0 Å². The lowest BCUT2D eigenvalue weighted by molar-refractivity contribution is -0.125. The van der Waals surface area contributed by atoms with Gasteiger partial charge >= 0.3 is 0 Å². The average Bonchev–Trinajstić information content (AvgIpc) is 2.57. The van der Waals surface area contributed by atoms with E-state index in [1.54, 1.807) is 18.2 Å². The van der Waals surface area contributed by atoms with Crippen LogP contribution in [0.2, 0.25) is 5.02 Å². The van der Waals surface area contributed by atoms with Gasteiger partial charge in [-0.1, -0.05) is 29.8 Å². The molecule has 0 radical (unpaired) electrons. The SMILES string of the molecule is Cc1cc(OCC(=O)NCC(=O)Nc2c(C)cccc2C)ccc1Cl. The molecule has 0 aliphatic carbocycles. The highest BCUT2D eigenvalue weighted by atomic mass is 35.5. The van der Waals surface area contributed by atoms with Gasteiger partial charge in [0.25, 0.3) is 5.91 Å². The summed E-state index contributed by atoms with van der Waals surface area (Å²) in [5, 5.41) is 5.99. The van der Waals surface area contributed by atoms with Crippen molar-refractivity contribution < 1.29 is 14.3 Å². The minimum absolute atomic E-state index is 0.115. The van der Waals surface area contributed by atoms with E-state index in [2.05, 4.69) is 10.6 Å². The van der Waals surface area contributed by atoms with Gasteiger partial charge in [0, 0.05) is 10.7 Å². The molecule has 132 valence electrons. The Bertz CT molecular complexity index is 770. The number of benzene rings is 2. The van der Waals surface area contributed by atoms with Crippen LogP contribution >= 0.6 is 11.6 Å². The molecule has 0 aromatic heterocycles. The lowest BCUT2D eigenvalue weighted by Crippen LogP contribution is -2.36. The number of rotatable bonds is 6. The van der Waals surface area contributed by atoms with Crippen molar-refractivity contribution in [3.05, 3.63) is 58.1 Å². The summed E-state index contributed by atoms with van der Waals surface area (Å²) in [5.41, 5.74) is 3.59. The highest BCUT2D eigenvalue weighted by molar-refractivity contribution is 6.31. The number of anilines is 1. The van der Waals surface area contributed by atoms with Crippen LogP contribution in [-0.4, -0.2) is 25.0 Å². The molecule has 0 unspecified atom stereocenters. The van der Waals surface area contributed by atoms with Crippen molar-refractivity contribution in [2.45, 2.75) is 20.8 Å². The van der Waals surface area contributed by atoms with Gasteiger partial charge in [-0.25, -0.2) is 0 Å². The second-order valence-corrected chi connectivity index (χ2v) is 6.20. The Balaban J connectivity index is 1.79. The molecule has 25 heavy (non-hydrogen) atoms. The van der Waals surface area contributed by atoms with Crippen LogP contribution in [0.1, 0.15) is 16.7 Å². The standard InChI is InChI=1S/C19H21ClN2O3/c1-12-5-4-6-13(2)19(12)22-17(23)10-21-18(24)11-25-15-7-8-16(20)14(3)9-15/h4-9H,10-11H2,1-3H3,(H,21,24)(H,22,23). The maximum atomic E-state index is 12.0. The zero-order valence-corrected chi connectivity index (χ0v) is 15.2. The number of nitrogens with one attached hydrogen (secondary N) is 2. The van der Waals surface area contributed by atoms with E-state index in [0.717, 1.165) is 22.4 Å². The molecule has 0 spiro atoms. The number of amides is 2. The fourth-order valence-corrected chi connectivity index (χ4v) is 2.40. The van der Waals surface area contributed by atoms with Crippen molar-refractivity contribution in [1.29, 1.82) is 0 Å². The Morgan fingerprint density at radius 2 is 1.68 bits per heavy atom. The normalized spacial score (nSPS) is 10.2. The molecule has 0 aliphatic rings. The Labute approximate surface area is 152 Å². The van der Waals surface area contributed by atoms with Gasteiger partial charge < -0.3 is 15.4 Å². The van der Waals surface area contributed by atoms with Gasteiger partial charge in [0.2, 0.25) is 5.91 Å². The maximum Gasteiger partial charge on any atom is 0.258 e. The van der Waals surface area contributed by atoms with Crippen LogP contribution in [-0.2, 0) is 9.59 Å². The van der Waals surface area contributed by atoms with E-state index in [4.69, 9.17) is 16.3 Å². The summed E-state index contributed by atoms with van der Waals surface area (Å²) in [5.74, 6) is -0.102. The molecule has 2 amide bonds. The minimum atomic E-state index is -0.371. The van der Waals surface area contributed by atoms with Crippen molar-refractivity contribution in [2.24, 2.45) is 0 Å². The zero-order chi connectivity index (χ0) is 18.4. The summed E-state index contributed by atoms with van der Waals surface area (Å²) in [6.07, 6.45) is 0. The van der Waals surface area contributed by atoms with Crippen molar-refractivity contribution in [1.82, 2.24) is 5.32 Å². The van der Waals surface area contributed by atoms with E-state index < -0.39 is 0 Å². The van der Waals surface area contributed by atoms with E-state index in [0.29, 0.717) is 10.8 Å². The summed E-state index contributed by atoms with van der Waals surface area (Å²) in [7, 11) is 0. The first kappa shape index (κ1) is 18.8. The maximum absolute atomic E-state index is 12.0. The monoisotopic (exact) mass is 360 g/mol. The molecule has 2 aromatic carbocycles. The molecule has 2 N–H and O–H groups in total. The molecular formula is C19H21ClN2O3. The van der Waals surface area contributed by atoms with E-state index in [9.17, 15) is 9.59 Å². The summed E-state index contributed by atoms with van der Waals surface area (Å²) in [6.45, 7) is 5.41. The zero-order valence-electron chi connectivity index (χ0n) is 14.5. The summed E-state index contributed by atoms with van der Waals surface area (Å²) < 4.78 is 5.39. The molecule has 0 aliphatic heterocycles. The smallest absolute Gasteiger partial charge is 0.258 e. The first-order chi connectivity index (χ1) is 11.9. The summed E-state index contributed by atoms with van der Waals surface area (Å²) >= 11 is 5.94. The second kappa shape index (κ2) is 8.53. The highest BCUT2D eigenvalue weighted by Gasteiger charge is 2.09. The molecule has 5 nitrogen and oxygen atoms in total. The molecule has 0 atom stereocenters. The molecule has 0 saturated carbocycles. The number of ether oxygens (including phenoxy) is 1. The van der Waals surface area contributed by atoms with E-state index >= 15 is 0 Å². The molecule has 2 rings (SSSR count). The van der Waals surface area contributed by atoms with Gasteiger partial charge in [0.1, 0.15) is 5.75 Å². The molecule has 6 heteroatoms. The molecule has 0 heterocycles. The molecule has 2 aromatic rings. The van der Waals surface area contributed by atoms with E-state index in [1.807, 2.05) is 39.0 Å². The number of aryl methyl sites for hydroxylation is 3. The molecule has 0 fully saturated rings. The van der Waals surface area contributed by atoms with Crippen molar-refractivity contribution >= 4 is 29.1 Å². The Kier molecular flexibility index (Phi) is 6.42. The van der Waals surface area contributed by atoms with Gasteiger partial charge in [0.05, 0.1) is 6.54 Å². The molecular weight excluding hydrogens is 340 g/mol. The second-order valence-electron chi connectivity index (χ2n) is 5.79. The van der Waals surface area contributed by atoms with Crippen LogP contribution in [0.25, 0.3) is 0 Å². The number of carbonyl (C=O) groups excluding carboxylic acids is 2. The van der Waals surface area contributed by atoms with E-state index in [1.165, 1.54) is 0 Å². The van der Waals surface area contributed by atoms with Gasteiger partial charge in [-0.3, -0.25) is 9.59 Å². The topological polar surface area (TPSA) is 67.4 Å². The number of carbonyl (C=O) groups is 2. The fraction of sp³-hybridized carbons (Fsp3) is 0.263. The third kappa shape index (κ3) is 5.50. The largest absolute Gasteiger partial charge is 0.484 e. The Hall–Kier alpha value is -2.53. The van der Waals surface area contributed by atoms with Crippen LogP contribution in [0, 0.1) is 20.8 Å². The minimum Gasteiger partial charge on any atom is -0.484 e. The molecule has 0 saturated heterocycles. The van der Waals surface area contributed by atoms with Crippen LogP contribution in [0.3, 0.4) is 0 Å².